The monoisotopic (exact) mass is 308 g/mol. The van der Waals surface area contributed by atoms with E-state index in [1.165, 1.54) is 0 Å². The summed E-state index contributed by atoms with van der Waals surface area (Å²) in [6.07, 6.45) is 0.156. The van der Waals surface area contributed by atoms with Gasteiger partial charge in [-0.25, -0.2) is 0 Å². The topological polar surface area (TPSA) is 56.2 Å². The van der Waals surface area contributed by atoms with Crippen LogP contribution in [0.5, 0.6) is 5.75 Å². The van der Waals surface area contributed by atoms with Crippen LogP contribution in [0.4, 0.5) is 5.69 Å². The van der Waals surface area contributed by atoms with Gasteiger partial charge in [-0.1, -0.05) is 13.0 Å². The smallest absolute Gasteiger partial charge is 0.143 e. The number of hydrogen-bond donors (Lipinski definition) is 2. The summed E-state index contributed by atoms with van der Waals surface area (Å²) in [6.45, 7) is 9.24. The van der Waals surface area contributed by atoms with E-state index >= 15 is 0 Å². The van der Waals surface area contributed by atoms with Gasteiger partial charge in [0, 0.05) is 19.6 Å². The Morgan fingerprint density at radius 1 is 1.32 bits per heavy atom. The van der Waals surface area contributed by atoms with Crippen molar-refractivity contribution in [1.29, 1.82) is 0 Å². The predicted molar refractivity (Wildman–Crippen MR) is 88.6 cm³/mol. The van der Waals surface area contributed by atoms with Gasteiger partial charge in [0.05, 0.1) is 24.9 Å². The largest absolute Gasteiger partial charge is 0.490 e. The molecule has 1 heterocycles. The number of ether oxygens (including phenoxy) is 1. The Hall–Kier alpha value is -1.30. The summed E-state index contributed by atoms with van der Waals surface area (Å²) in [5.74, 6) is 0.868. The van der Waals surface area contributed by atoms with Gasteiger partial charge in [0.2, 0.25) is 0 Å². The maximum Gasteiger partial charge on any atom is 0.143 e. The van der Waals surface area contributed by atoms with Gasteiger partial charge in [0.1, 0.15) is 12.4 Å². The van der Waals surface area contributed by atoms with E-state index in [-0.39, 0.29) is 6.61 Å². The fourth-order valence-corrected chi connectivity index (χ4v) is 2.87. The molecule has 0 spiro atoms. The predicted octanol–water partition coefficient (Wildman–Crippen LogP) is 1.64. The van der Waals surface area contributed by atoms with Gasteiger partial charge >= 0.3 is 0 Å². The second kappa shape index (κ2) is 8.36. The molecule has 0 bridgehead atoms. The number of fused-ring (bicyclic) bond motifs is 1. The van der Waals surface area contributed by atoms with Crippen molar-refractivity contribution in [3.63, 3.8) is 0 Å². The molecule has 124 valence electrons. The van der Waals surface area contributed by atoms with E-state index in [1.807, 2.05) is 18.2 Å². The maximum atomic E-state index is 10.4. The first-order valence-electron chi connectivity index (χ1n) is 8.22. The lowest BCUT2D eigenvalue weighted by atomic mass is 10.0. The minimum Gasteiger partial charge on any atom is -0.490 e. The van der Waals surface area contributed by atoms with E-state index in [2.05, 4.69) is 23.6 Å². The SMILES string of the molecule is CCN(CCO)CCC(O)c1ccc2c(c1)OCCN2CC. The summed E-state index contributed by atoms with van der Waals surface area (Å²) < 4.78 is 5.74. The Kier molecular flexibility index (Phi) is 6.49. The van der Waals surface area contributed by atoms with Gasteiger partial charge < -0.3 is 24.7 Å². The van der Waals surface area contributed by atoms with Crippen LogP contribution in [0.25, 0.3) is 0 Å². The van der Waals surface area contributed by atoms with Crippen molar-refractivity contribution in [3.05, 3.63) is 23.8 Å². The molecular weight excluding hydrogens is 280 g/mol. The quantitative estimate of drug-likeness (QED) is 0.765. The highest BCUT2D eigenvalue weighted by Crippen LogP contribution is 2.34. The minimum atomic E-state index is -0.501. The molecule has 1 aliphatic heterocycles. The van der Waals surface area contributed by atoms with Gasteiger partial charge in [-0.15, -0.1) is 0 Å². The van der Waals surface area contributed by atoms with Gasteiger partial charge in [-0.2, -0.15) is 0 Å². The fraction of sp³-hybridized carbons (Fsp3) is 0.647. The van der Waals surface area contributed by atoms with Crippen LogP contribution in [0.3, 0.4) is 0 Å². The van der Waals surface area contributed by atoms with Crippen molar-refractivity contribution in [2.45, 2.75) is 26.4 Å². The molecule has 1 aromatic carbocycles. The van der Waals surface area contributed by atoms with Crippen LogP contribution in [0.1, 0.15) is 31.9 Å². The molecule has 0 aromatic heterocycles. The Bertz CT molecular complexity index is 467. The number of nitrogens with zero attached hydrogens (tertiary/aromatic N) is 2. The summed E-state index contributed by atoms with van der Waals surface area (Å²) in [4.78, 5) is 4.42. The van der Waals surface area contributed by atoms with Crippen molar-refractivity contribution in [1.82, 2.24) is 4.90 Å². The number of likely N-dealkylation sites (N-methyl/N-ethyl adjacent to an activating group) is 2. The summed E-state index contributed by atoms with van der Waals surface area (Å²) >= 11 is 0. The number of anilines is 1. The molecule has 0 saturated carbocycles. The summed E-state index contributed by atoms with van der Waals surface area (Å²) in [5, 5.41) is 19.4. The maximum absolute atomic E-state index is 10.4. The van der Waals surface area contributed by atoms with E-state index in [1.54, 1.807) is 0 Å². The van der Waals surface area contributed by atoms with Crippen LogP contribution >= 0.6 is 0 Å². The summed E-state index contributed by atoms with van der Waals surface area (Å²) in [6, 6.07) is 6.00. The summed E-state index contributed by atoms with van der Waals surface area (Å²) in [5.41, 5.74) is 2.01. The zero-order valence-electron chi connectivity index (χ0n) is 13.7. The van der Waals surface area contributed by atoms with Crippen molar-refractivity contribution in [2.24, 2.45) is 0 Å². The van der Waals surface area contributed by atoms with E-state index in [9.17, 15) is 5.11 Å². The van der Waals surface area contributed by atoms with Gasteiger partial charge in [-0.05, 0) is 37.6 Å². The van der Waals surface area contributed by atoms with Crippen LogP contribution < -0.4 is 9.64 Å². The number of benzene rings is 1. The molecule has 2 N–H and O–H groups in total. The standard InChI is InChI=1S/C17H28N2O3/c1-3-18(9-11-20)8-7-16(21)14-5-6-15-17(13-14)22-12-10-19(15)4-2/h5-6,13,16,20-21H,3-4,7-12H2,1-2H3. The van der Waals surface area contributed by atoms with E-state index in [4.69, 9.17) is 9.84 Å². The van der Waals surface area contributed by atoms with Crippen molar-refractivity contribution in [2.75, 3.05) is 50.8 Å². The fourth-order valence-electron chi connectivity index (χ4n) is 2.87. The first-order valence-corrected chi connectivity index (χ1v) is 8.22. The molecule has 0 amide bonds. The molecule has 1 atom stereocenters. The third-order valence-corrected chi connectivity index (χ3v) is 4.29. The Morgan fingerprint density at radius 2 is 2.14 bits per heavy atom. The number of rotatable bonds is 8. The molecule has 5 nitrogen and oxygen atoms in total. The highest BCUT2D eigenvalue weighted by atomic mass is 16.5. The van der Waals surface area contributed by atoms with E-state index in [0.717, 1.165) is 43.2 Å². The summed E-state index contributed by atoms with van der Waals surface area (Å²) in [7, 11) is 0. The Labute approximate surface area is 133 Å². The minimum absolute atomic E-state index is 0.156. The second-order valence-corrected chi connectivity index (χ2v) is 5.62. The van der Waals surface area contributed by atoms with Gasteiger partial charge in [-0.3, -0.25) is 0 Å². The van der Waals surface area contributed by atoms with Gasteiger partial charge in [0.15, 0.2) is 0 Å². The van der Waals surface area contributed by atoms with Crippen LogP contribution in [-0.4, -0.2) is 61.1 Å². The number of aliphatic hydroxyl groups is 2. The molecule has 1 aliphatic rings. The van der Waals surface area contributed by atoms with Crippen LogP contribution in [0.15, 0.2) is 18.2 Å². The lowest BCUT2D eigenvalue weighted by Gasteiger charge is -2.31. The van der Waals surface area contributed by atoms with Crippen molar-refractivity contribution >= 4 is 5.69 Å². The lowest BCUT2D eigenvalue weighted by Crippen LogP contribution is -2.32. The first-order chi connectivity index (χ1) is 10.7. The van der Waals surface area contributed by atoms with E-state index in [0.29, 0.717) is 19.6 Å². The highest BCUT2D eigenvalue weighted by molar-refractivity contribution is 5.61. The normalized spacial score (nSPS) is 15.6. The third kappa shape index (κ3) is 4.12. The molecule has 0 aliphatic carbocycles. The zero-order chi connectivity index (χ0) is 15.9. The first kappa shape index (κ1) is 17.1. The Morgan fingerprint density at radius 3 is 2.82 bits per heavy atom. The molecule has 0 saturated heterocycles. The highest BCUT2D eigenvalue weighted by Gasteiger charge is 2.19. The number of aliphatic hydroxyl groups excluding tert-OH is 2. The second-order valence-electron chi connectivity index (χ2n) is 5.62. The van der Waals surface area contributed by atoms with Gasteiger partial charge in [0.25, 0.3) is 0 Å². The molecule has 5 heteroatoms. The number of hydrogen-bond acceptors (Lipinski definition) is 5. The average molecular weight is 308 g/mol. The molecule has 22 heavy (non-hydrogen) atoms. The van der Waals surface area contributed by atoms with Crippen LogP contribution in [0, 0.1) is 0 Å². The van der Waals surface area contributed by atoms with E-state index < -0.39 is 6.10 Å². The average Bonchev–Trinajstić information content (AvgIpc) is 2.57. The van der Waals surface area contributed by atoms with Crippen LogP contribution in [-0.2, 0) is 0 Å². The molecule has 2 rings (SSSR count). The van der Waals surface area contributed by atoms with Crippen molar-refractivity contribution in [3.8, 4) is 5.75 Å². The zero-order valence-corrected chi connectivity index (χ0v) is 13.7. The molecular formula is C17H28N2O3. The molecule has 0 fully saturated rings. The Balaban J connectivity index is 2.00. The van der Waals surface area contributed by atoms with Crippen LogP contribution in [0.2, 0.25) is 0 Å². The molecule has 1 unspecified atom stereocenters. The lowest BCUT2D eigenvalue weighted by molar-refractivity contribution is 0.133. The molecule has 0 radical (unpaired) electrons. The third-order valence-electron chi connectivity index (χ3n) is 4.29. The van der Waals surface area contributed by atoms with Crippen molar-refractivity contribution < 1.29 is 14.9 Å². The molecule has 1 aromatic rings.